The van der Waals surface area contributed by atoms with Gasteiger partial charge in [-0.05, 0) is 68.3 Å². The number of halogens is 2. The van der Waals surface area contributed by atoms with Crippen molar-refractivity contribution in [2.24, 2.45) is 5.92 Å². The minimum absolute atomic E-state index is 0.180. The summed E-state index contributed by atoms with van der Waals surface area (Å²) in [6.45, 7) is 12.2. The molecule has 0 spiro atoms. The maximum atomic E-state index is 6.59. The SMILES string of the molecule is CC(C)CC(c1ccc(Cl)cc1)N1C[C@H](C)N(c2nc(Cl)nc(NC[C@@H]3CCCO3)c2N)C[C@H]1C. The maximum absolute atomic E-state index is 6.59. The molecule has 0 aliphatic carbocycles. The van der Waals surface area contributed by atoms with Gasteiger partial charge in [-0.2, -0.15) is 9.97 Å². The molecular formula is C26H38Cl2N6O. The van der Waals surface area contributed by atoms with Crippen molar-refractivity contribution in [2.45, 2.75) is 71.2 Å². The molecule has 4 rings (SSSR count). The first-order valence-electron chi connectivity index (χ1n) is 12.7. The number of anilines is 3. The summed E-state index contributed by atoms with van der Waals surface area (Å²) in [5.74, 6) is 1.85. The second-order valence-corrected chi connectivity index (χ2v) is 11.1. The number of aromatic nitrogens is 2. The van der Waals surface area contributed by atoms with Crippen LogP contribution in [-0.4, -0.2) is 59.3 Å². The van der Waals surface area contributed by atoms with Gasteiger partial charge in [-0.3, -0.25) is 4.90 Å². The molecule has 0 saturated carbocycles. The Kier molecular flexibility index (Phi) is 8.63. The van der Waals surface area contributed by atoms with Gasteiger partial charge in [0.15, 0.2) is 11.6 Å². The van der Waals surface area contributed by atoms with Crippen molar-refractivity contribution < 1.29 is 4.74 Å². The lowest BCUT2D eigenvalue weighted by Crippen LogP contribution is -2.57. The summed E-state index contributed by atoms with van der Waals surface area (Å²) >= 11 is 12.5. The summed E-state index contributed by atoms with van der Waals surface area (Å²) in [6, 6.07) is 9.11. The third-order valence-corrected chi connectivity index (χ3v) is 7.50. The van der Waals surface area contributed by atoms with E-state index in [9.17, 15) is 0 Å². The average Bonchev–Trinajstić information content (AvgIpc) is 3.33. The van der Waals surface area contributed by atoms with E-state index in [0.717, 1.165) is 44.0 Å². The van der Waals surface area contributed by atoms with Crippen molar-refractivity contribution in [3.8, 4) is 0 Å². The van der Waals surface area contributed by atoms with Crippen LogP contribution in [0.15, 0.2) is 24.3 Å². The Morgan fingerprint density at radius 3 is 2.51 bits per heavy atom. The van der Waals surface area contributed by atoms with E-state index < -0.39 is 0 Å². The molecule has 192 valence electrons. The maximum Gasteiger partial charge on any atom is 0.226 e. The summed E-state index contributed by atoms with van der Waals surface area (Å²) in [4.78, 5) is 13.8. The van der Waals surface area contributed by atoms with Crippen LogP contribution in [0.1, 0.15) is 58.6 Å². The minimum Gasteiger partial charge on any atom is -0.393 e. The number of benzene rings is 1. The topological polar surface area (TPSA) is 79.5 Å². The van der Waals surface area contributed by atoms with Crippen molar-refractivity contribution in [3.63, 3.8) is 0 Å². The second kappa shape index (κ2) is 11.5. The zero-order valence-electron chi connectivity index (χ0n) is 21.2. The Bertz CT molecular complexity index is 983. The first kappa shape index (κ1) is 26.3. The number of hydrogen-bond acceptors (Lipinski definition) is 7. The fraction of sp³-hybridized carbons (Fsp3) is 0.615. The molecule has 7 nitrogen and oxygen atoms in total. The molecule has 4 atom stereocenters. The third kappa shape index (κ3) is 6.31. The lowest BCUT2D eigenvalue weighted by Gasteiger charge is -2.48. The van der Waals surface area contributed by atoms with Crippen molar-refractivity contribution in [1.82, 2.24) is 14.9 Å². The Morgan fingerprint density at radius 2 is 1.86 bits per heavy atom. The molecule has 1 aromatic heterocycles. The van der Waals surface area contributed by atoms with Gasteiger partial charge in [-0.1, -0.05) is 37.6 Å². The van der Waals surface area contributed by atoms with Crippen LogP contribution in [0.3, 0.4) is 0 Å². The molecule has 0 amide bonds. The van der Waals surface area contributed by atoms with E-state index in [1.165, 1.54) is 5.56 Å². The minimum atomic E-state index is 0.180. The largest absolute Gasteiger partial charge is 0.393 e. The number of piperazine rings is 1. The van der Waals surface area contributed by atoms with Gasteiger partial charge in [-0.25, -0.2) is 0 Å². The Labute approximate surface area is 219 Å². The molecule has 3 N–H and O–H groups in total. The summed E-state index contributed by atoms with van der Waals surface area (Å²) in [6.07, 6.45) is 3.39. The van der Waals surface area contributed by atoms with Crippen molar-refractivity contribution in [1.29, 1.82) is 0 Å². The number of rotatable bonds is 8. The number of nitrogens with one attached hydrogen (secondary N) is 1. The fourth-order valence-electron chi connectivity index (χ4n) is 5.28. The standard InChI is InChI=1S/C26H38Cl2N6O/c1-16(2)12-22(19-7-9-20(27)10-8-19)33-14-18(4)34(15-17(33)3)25-23(29)24(31-26(28)32-25)30-13-21-6-5-11-35-21/h7-10,16-18,21-22H,5-6,11-15,29H2,1-4H3,(H,30,31,32)/t17-,18+,21+,22?/m1/s1. The lowest BCUT2D eigenvalue weighted by atomic mass is 9.92. The van der Waals surface area contributed by atoms with Gasteiger partial charge < -0.3 is 20.7 Å². The Balaban J connectivity index is 1.54. The van der Waals surface area contributed by atoms with Gasteiger partial charge in [0.2, 0.25) is 5.28 Å². The van der Waals surface area contributed by atoms with Crippen LogP contribution in [0.5, 0.6) is 0 Å². The van der Waals surface area contributed by atoms with Crippen molar-refractivity contribution in [2.75, 3.05) is 42.2 Å². The van der Waals surface area contributed by atoms with E-state index in [2.05, 4.69) is 64.9 Å². The van der Waals surface area contributed by atoms with E-state index in [0.29, 0.717) is 41.9 Å². The van der Waals surface area contributed by atoms with Gasteiger partial charge >= 0.3 is 0 Å². The summed E-state index contributed by atoms with van der Waals surface area (Å²) in [7, 11) is 0. The van der Waals surface area contributed by atoms with Gasteiger partial charge in [0.05, 0.1) is 6.10 Å². The molecule has 1 unspecified atom stereocenters. The van der Waals surface area contributed by atoms with Crippen LogP contribution >= 0.6 is 23.2 Å². The molecule has 3 heterocycles. The van der Waals surface area contributed by atoms with E-state index in [4.69, 9.17) is 33.7 Å². The highest BCUT2D eigenvalue weighted by Gasteiger charge is 2.36. The molecule has 2 aliphatic heterocycles. The smallest absolute Gasteiger partial charge is 0.226 e. The zero-order chi connectivity index (χ0) is 25.1. The lowest BCUT2D eigenvalue weighted by molar-refractivity contribution is 0.0960. The van der Waals surface area contributed by atoms with E-state index >= 15 is 0 Å². The summed E-state index contributed by atoms with van der Waals surface area (Å²) in [5.41, 5.74) is 8.43. The highest BCUT2D eigenvalue weighted by atomic mass is 35.5. The molecule has 2 aliphatic rings. The highest BCUT2D eigenvalue weighted by Crippen LogP contribution is 2.37. The average molecular weight is 522 g/mol. The number of ether oxygens (including phenoxy) is 1. The van der Waals surface area contributed by atoms with E-state index in [1.54, 1.807) is 0 Å². The predicted molar refractivity (Wildman–Crippen MR) is 146 cm³/mol. The van der Waals surface area contributed by atoms with Crippen molar-refractivity contribution >= 4 is 40.5 Å². The number of nitrogens with two attached hydrogens (primary N) is 1. The molecule has 35 heavy (non-hydrogen) atoms. The van der Waals surface area contributed by atoms with Crippen LogP contribution in [0, 0.1) is 5.92 Å². The van der Waals surface area contributed by atoms with Gasteiger partial charge in [0.25, 0.3) is 0 Å². The Hall–Kier alpha value is -1.80. The predicted octanol–water partition coefficient (Wildman–Crippen LogP) is 5.64. The van der Waals surface area contributed by atoms with E-state index in [-0.39, 0.29) is 17.4 Å². The number of hydrogen-bond donors (Lipinski definition) is 2. The van der Waals surface area contributed by atoms with Gasteiger partial charge in [-0.15, -0.1) is 0 Å². The van der Waals surface area contributed by atoms with Crippen LogP contribution in [0.2, 0.25) is 10.3 Å². The summed E-state index contributed by atoms with van der Waals surface area (Å²) in [5, 5.41) is 4.31. The molecule has 2 saturated heterocycles. The van der Waals surface area contributed by atoms with Crippen LogP contribution < -0.4 is 16.0 Å². The molecule has 0 radical (unpaired) electrons. The number of nitrogen functional groups attached to an aromatic ring is 1. The van der Waals surface area contributed by atoms with E-state index in [1.807, 2.05) is 12.1 Å². The van der Waals surface area contributed by atoms with Crippen molar-refractivity contribution in [3.05, 3.63) is 40.1 Å². The quantitative estimate of drug-likeness (QED) is 0.435. The van der Waals surface area contributed by atoms with Crippen LogP contribution in [0.25, 0.3) is 0 Å². The van der Waals surface area contributed by atoms with Crippen LogP contribution in [-0.2, 0) is 4.74 Å². The molecule has 2 fully saturated rings. The first-order chi connectivity index (χ1) is 16.7. The van der Waals surface area contributed by atoms with Gasteiger partial charge in [0.1, 0.15) is 5.69 Å². The third-order valence-electron chi connectivity index (χ3n) is 7.08. The zero-order valence-corrected chi connectivity index (χ0v) is 22.7. The molecular weight excluding hydrogens is 483 g/mol. The van der Waals surface area contributed by atoms with Gasteiger partial charge in [0, 0.05) is 49.4 Å². The van der Waals surface area contributed by atoms with Crippen LogP contribution in [0.4, 0.5) is 17.3 Å². The highest BCUT2D eigenvalue weighted by molar-refractivity contribution is 6.30. The summed E-state index contributed by atoms with van der Waals surface area (Å²) < 4.78 is 5.72. The molecule has 1 aromatic carbocycles. The monoisotopic (exact) mass is 520 g/mol. The first-order valence-corrected chi connectivity index (χ1v) is 13.4. The second-order valence-electron chi connectivity index (χ2n) is 10.3. The Morgan fingerprint density at radius 1 is 1.11 bits per heavy atom. The normalized spacial score (nSPS) is 24.2. The molecule has 0 bridgehead atoms. The molecule has 2 aromatic rings. The molecule has 9 heteroatoms. The fourth-order valence-corrected chi connectivity index (χ4v) is 5.57. The number of nitrogens with zero attached hydrogens (tertiary/aromatic N) is 4.